The number of rotatable bonds is 4. The molecule has 2 heterocycles. The number of nitrogens with zero attached hydrogens (tertiary/aromatic N) is 4. The standard InChI is InChI=1S/C11H13N5O2S/c1-6-4-7(2)13-11(12-6)19-5-9(17)14-10-8(3)15-18-16-10/h4H,5H2,1-3H3,(H,14,16,17). The Morgan fingerprint density at radius 1 is 1.26 bits per heavy atom. The smallest absolute Gasteiger partial charge is 0.236 e. The molecule has 0 unspecified atom stereocenters. The van der Waals surface area contributed by atoms with Crippen LogP contribution in [0.25, 0.3) is 0 Å². The summed E-state index contributed by atoms with van der Waals surface area (Å²) in [7, 11) is 0. The zero-order valence-electron chi connectivity index (χ0n) is 10.8. The van der Waals surface area contributed by atoms with Crippen LogP contribution >= 0.6 is 11.8 Å². The van der Waals surface area contributed by atoms with Crippen LogP contribution in [0.1, 0.15) is 17.1 Å². The third-order valence-corrected chi connectivity index (χ3v) is 3.05. The van der Waals surface area contributed by atoms with Crippen molar-refractivity contribution >= 4 is 23.5 Å². The Labute approximate surface area is 114 Å². The molecule has 0 spiro atoms. The van der Waals surface area contributed by atoms with Crippen molar-refractivity contribution in [1.29, 1.82) is 0 Å². The minimum Gasteiger partial charge on any atom is -0.306 e. The summed E-state index contributed by atoms with van der Waals surface area (Å²) in [6.07, 6.45) is 0. The van der Waals surface area contributed by atoms with Crippen LogP contribution in [0.5, 0.6) is 0 Å². The molecule has 2 rings (SSSR count). The second-order valence-corrected chi connectivity index (χ2v) is 4.91. The van der Waals surface area contributed by atoms with E-state index < -0.39 is 0 Å². The number of aryl methyl sites for hydroxylation is 3. The fourth-order valence-electron chi connectivity index (χ4n) is 1.40. The number of thioether (sulfide) groups is 1. The van der Waals surface area contributed by atoms with Crippen LogP contribution in [0.15, 0.2) is 15.9 Å². The van der Waals surface area contributed by atoms with Crippen molar-refractivity contribution in [2.24, 2.45) is 0 Å². The lowest BCUT2D eigenvalue weighted by Gasteiger charge is -2.03. The molecule has 0 bridgehead atoms. The number of carbonyl (C=O) groups excluding carboxylic acids is 1. The van der Waals surface area contributed by atoms with Crippen LogP contribution < -0.4 is 5.32 Å². The Balaban J connectivity index is 1.91. The van der Waals surface area contributed by atoms with Crippen molar-refractivity contribution < 1.29 is 9.42 Å². The summed E-state index contributed by atoms with van der Waals surface area (Å²) in [4.78, 5) is 20.2. The number of hydrogen-bond donors (Lipinski definition) is 1. The van der Waals surface area contributed by atoms with Gasteiger partial charge in [-0.05, 0) is 32.0 Å². The number of carbonyl (C=O) groups is 1. The highest BCUT2D eigenvalue weighted by molar-refractivity contribution is 7.99. The van der Waals surface area contributed by atoms with E-state index in [2.05, 4.69) is 30.2 Å². The average molecular weight is 279 g/mol. The largest absolute Gasteiger partial charge is 0.306 e. The van der Waals surface area contributed by atoms with E-state index >= 15 is 0 Å². The molecule has 7 nitrogen and oxygen atoms in total. The molecule has 100 valence electrons. The van der Waals surface area contributed by atoms with E-state index in [-0.39, 0.29) is 11.7 Å². The van der Waals surface area contributed by atoms with Gasteiger partial charge in [0.2, 0.25) is 5.91 Å². The van der Waals surface area contributed by atoms with Crippen LogP contribution in [-0.2, 0) is 4.79 Å². The number of hydrogen-bond acceptors (Lipinski definition) is 7. The Hall–Kier alpha value is -1.96. The van der Waals surface area contributed by atoms with Gasteiger partial charge in [-0.1, -0.05) is 16.9 Å². The number of nitrogens with one attached hydrogen (secondary N) is 1. The summed E-state index contributed by atoms with van der Waals surface area (Å²) in [5, 5.41) is 10.4. The van der Waals surface area contributed by atoms with Gasteiger partial charge in [0.15, 0.2) is 11.0 Å². The van der Waals surface area contributed by atoms with Crippen molar-refractivity contribution in [2.75, 3.05) is 11.1 Å². The monoisotopic (exact) mass is 279 g/mol. The van der Waals surface area contributed by atoms with Crippen molar-refractivity contribution in [3.63, 3.8) is 0 Å². The van der Waals surface area contributed by atoms with E-state index in [0.29, 0.717) is 16.7 Å². The molecule has 0 atom stereocenters. The summed E-state index contributed by atoms with van der Waals surface area (Å²) in [5.74, 6) is 0.341. The van der Waals surface area contributed by atoms with Gasteiger partial charge in [-0.3, -0.25) is 4.79 Å². The maximum Gasteiger partial charge on any atom is 0.236 e. The molecular formula is C11H13N5O2S. The number of amides is 1. The summed E-state index contributed by atoms with van der Waals surface area (Å²) in [6.45, 7) is 5.48. The van der Waals surface area contributed by atoms with Crippen molar-refractivity contribution in [1.82, 2.24) is 20.3 Å². The highest BCUT2D eigenvalue weighted by Gasteiger charge is 2.11. The highest BCUT2D eigenvalue weighted by Crippen LogP contribution is 2.15. The summed E-state index contributed by atoms with van der Waals surface area (Å²) in [5.41, 5.74) is 2.31. The molecular weight excluding hydrogens is 266 g/mol. The van der Waals surface area contributed by atoms with E-state index in [1.54, 1.807) is 6.92 Å². The van der Waals surface area contributed by atoms with Gasteiger partial charge in [0.25, 0.3) is 0 Å². The molecule has 0 aliphatic carbocycles. The Bertz CT molecular complexity index is 578. The molecule has 1 N–H and O–H groups in total. The van der Waals surface area contributed by atoms with E-state index in [9.17, 15) is 4.79 Å². The van der Waals surface area contributed by atoms with Gasteiger partial charge in [-0.15, -0.1) is 0 Å². The minimum absolute atomic E-state index is 0.202. The molecule has 0 fully saturated rings. The topological polar surface area (TPSA) is 93.8 Å². The number of aromatic nitrogens is 4. The summed E-state index contributed by atoms with van der Waals surface area (Å²) < 4.78 is 4.49. The zero-order valence-corrected chi connectivity index (χ0v) is 11.6. The van der Waals surface area contributed by atoms with Crippen molar-refractivity contribution in [3.8, 4) is 0 Å². The zero-order chi connectivity index (χ0) is 13.8. The van der Waals surface area contributed by atoms with E-state index in [4.69, 9.17) is 0 Å². The Morgan fingerprint density at radius 2 is 1.95 bits per heavy atom. The first-order valence-electron chi connectivity index (χ1n) is 5.58. The molecule has 1 amide bonds. The van der Waals surface area contributed by atoms with E-state index in [1.165, 1.54) is 11.8 Å². The van der Waals surface area contributed by atoms with Gasteiger partial charge in [0.1, 0.15) is 5.69 Å². The first kappa shape index (κ1) is 13.5. The molecule has 0 aromatic carbocycles. The predicted molar refractivity (Wildman–Crippen MR) is 69.9 cm³/mol. The van der Waals surface area contributed by atoms with Gasteiger partial charge < -0.3 is 5.32 Å². The van der Waals surface area contributed by atoms with Crippen molar-refractivity contribution in [2.45, 2.75) is 25.9 Å². The fourth-order valence-corrected chi connectivity index (χ4v) is 2.15. The van der Waals surface area contributed by atoms with E-state index in [0.717, 1.165) is 11.4 Å². The minimum atomic E-state index is -0.202. The lowest BCUT2D eigenvalue weighted by molar-refractivity contribution is -0.113. The highest BCUT2D eigenvalue weighted by atomic mass is 32.2. The molecule has 2 aromatic rings. The maximum atomic E-state index is 11.7. The van der Waals surface area contributed by atoms with Crippen LogP contribution in [0, 0.1) is 20.8 Å². The Kier molecular flexibility index (Phi) is 4.10. The molecule has 19 heavy (non-hydrogen) atoms. The predicted octanol–water partition coefficient (Wildman–Crippen LogP) is 1.52. The lowest BCUT2D eigenvalue weighted by Crippen LogP contribution is -2.15. The Morgan fingerprint density at radius 3 is 2.53 bits per heavy atom. The second kappa shape index (κ2) is 5.79. The third-order valence-electron chi connectivity index (χ3n) is 2.20. The molecule has 0 radical (unpaired) electrons. The van der Waals surface area contributed by atoms with Gasteiger partial charge in [0, 0.05) is 11.4 Å². The van der Waals surface area contributed by atoms with Crippen LogP contribution in [0.3, 0.4) is 0 Å². The third kappa shape index (κ3) is 3.75. The van der Waals surface area contributed by atoms with Crippen molar-refractivity contribution in [3.05, 3.63) is 23.1 Å². The summed E-state index contributed by atoms with van der Waals surface area (Å²) >= 11 is 1.27. The molecule has 0 aliphatic heterocycles. The normalized spacial score (nSPS) is 10.5. The van der Waals surface area contributed by atoms with Gasteiger partial charge >= 0.3 is 0 Å². The molecule has 8 heteroatoms. The average Bonchev–Trinajstić information content (AvgIpc) is 2.71. The second-order valence-electron chi connectivity index (χ2n) is 3.97. The first-order chi connectivity index (χ1) is 9.04. The molecule has 0 aliphatic rings. The van der Waals surface area contributed by atoms with Gasteiger partial charge in [0.05, 0.1) is 5.75 Å². The fraction of sp³-hybridized carbons (Fsp3) is 0.364. The van der Waals surface area contributed by atoms with Crippen LogP contribution in [0.2, 0.25) is 0 Å². The first-order valence-corrected chi connectivity index (χ1v) is 6.57. The SMILES string of the molecule is Cc1cc(C)nc(SCC(=O)Nc2nonc2C)n1. The molecule has 0 saturated heterocycles. The number of anilines is 1. The van der Waals surface area contributed by atoms with Gasteiger partial charge in [-0.25, -0.2) is 14.6 Å². The van der Waals surface area contributed by atoms with E-state index in [1.807, 2.05) is 19.9 Å². The quantitative estimate of drug-likeness (QED) is 0.669. The lowest BCUT2D eigenvalue weighted by atomic mass is 10.4. The van der Waals surface area contributed by atoms with Crippen LogP contribution in [-0.4, -0.2) is 31.9 Å². The molecule has 2 aromatic heterocycles. The summed E-state index contributed by atoms with van der Waals surface area (Å²) in [6, 6.07) is 1.88. The maximum absolute atomic E-state index is 11.7. The van der Waals surface area contributed by atoms with Crippen LogP contribution in [0.4, 0.5) is 5.82 Å². The van der Waals surface area contributed by atoms with Gasteiger partial charge in [-0.2, -0.15) is 0 Å². The molecule has 0 saturated carbocycles.